The Morgan fingerprint density at radius 2 is 1.58 bits per heavy atom. The van der Waals surface area contributed by atoms with Crippen molar-refractivity contribution < 1.29 is 37.8 Å². The van der Waals surface area contributed by atoms with Gasteiger partial charge in [-0.3, -0.25) is 9.59 Å². The van der Waals surface area contributed by atoms with E-state index in [2.05, 4.69) is 0 Å². The third-order valence-electron chi connectivity index (χ3n) is 2.83. The van der Waals surface area contributed by atoms with Crippen LogP contribution in [0.4, 0.5) is 13.6 Å². The van der Waals surface area contributed by atoms with E-state index in [0.717, 1.165) is 0 Å². The minimum atomic E-state index is -3.96. The highest BCUT2D eigenvalue weighted by Gasteiger charge is 2.54. The van der Waals surface area contributed by atoms with Gasteiger partial charge in [-0.15, -0.1) is 0 Å². The van der Waals surface area contributed by atoms with Crippen molar-refractivity contribution in [3.63, 3.8) is 0 Å². The average Bonchev–Trinajstić information content (AvgIpc) is 2.38. The highest BCUT2D eigenvalue weighted by molar-refractivity contribution is 6.13. The molecule has 10 heteroatoms. The van der Waals surface area contributed by atoms with E-state index >= 15 is 0 Å². The zero-order valence-corrected chi connectivity index (χ0v) is 14.2. The van der Waals surface area contributed by atoms with Gasteiger partial charge in [0, 0.05) is 6.92 Å². The van der Waals surface area contributed by atoms with E-state index in [1.807, 2.05) is 5.32 Å². The summed E-state index contributed by atoms with van der Waals surface area (Å²) in [6.45, 7) is 5.42. The van der Waals surface area contributed by atoms with Crippen LogP contribution in [0, 0.1) is 0 Å². The number of aliphatic carboxylic acids is 1. The van der Waals surface area contributed by atoms with Crippen molar-refractivity contribution in [3.05, 3.63) is 0 Å². The molecule has 0 spiro atoms. The number of carbonyl (C=O) groups excluding carboxylic acids is 3. The number of carboxylic acid groups (broad SMARTS) is 1. The normalized spacial score (nSPS) is 14.3. The Bertz CT molecular complexity index is 524. The van der Waals surface area contributed by atoms with Gasteiger partial charge in [-0.25, -0.2) is 9.59 Å². The third kappa shape index (κ3) is 6.09. The predicted octanol–water partition coefficient (Wildman–Crippen LogP) is 1.08. The van der Waals surface area contributed by atoms with Crippen molar-refractivity contribution >= 4 is 23.8 Å². The first-order valence-electron chi connectivity index (χ1n) is 7.09. The van der Waals surface area contributed by atoms with Gasteiger partial charge < -0.3 is 20.5 Å². The Kier molecular flexibility index (Phi) is 6.83. The summed E-state index contributed by atoms with van der Waals surface area (Å²) in [6, 6.07) is 0. The minimum Gasteiger partial charge on any atom is -0.479 e. The molecule has 0 rings (SSSR count). The highest BCUT2D eigenvalue weighted by atomic mass is 19.3. The van der Waals surface area contributed by atoms with Crippen LogP contribution in [0.15, 0.2) is 0 Å². The second-order valence-electron chi connectivity index (χ2n) is 6.19. The molecule has 0 aromatic carbocycles. The summed E-state index contributed by atoms with van der Waals surface area (Å²) in [5, 5.41) is 13.0. The number of carboxylic acids is 1. The van der Waals surface area contributed by atoms with Gasteiger partial charge in [0.05, 0.1) is 0 Å². The number of ether oxygens (including phenoxy) is 1. The van der Waals surface area contributed by atoms with Crippen molar-refractivity contribution in [2.45, 2.75) is 58.1 Å². The van der Waals surface area contributed by atoms with E-state index < -0.39 is 53.8 Å². The molecule has 24 heavy (non-hydrogen) atoms. The molecule has 138 valence electrons. The molecule has 1 atom stereocenters. The Labute approximate surface area is 137 Å². The van der Waals surface area contributed by atoms with Crippen LogP contribution >= 0.6 is 0 Å². The molecular weight excluding hydrogens is 330 g/mol. The number of alkyl halides is 2. The summed E-state index contributed by atoms with van der Waals surface area (Å²) in [5.41, 5.74) is -3.61. The number of hydrogen-bond acceptors (Lipinski definition) is 5. The summed E-state index contributed by atoms with van der Waals surface area (Å²) in [7, 11) is 0. The lowest BCUT2D eigenvalue weighted by Crippen LogP contribution is -2.64. The number of nitrogens with one attached hydrogen (secondary N) is 2. The van der Waals surface area contributed by atoms with E-state index in [1.165, 1.54) is 6.92 Å². The first kappa shape index (κ1) is 21.7. The summed E-state index contributed by atoms with van der Waals surface area (Å²) in [6.07, 6.45) is -1.55. The molecule has 0 saturated carbocycles. The van der Waals surface area contributed by atoms with Gasteiger partial charge in [-0.1, -0.05) is 6.92 Å². The third-order valence-corrected chi connectivity index (χ3v) is 2.83. The molecule has 0 aliphatic heterocycles. The molecule has 0 radical (unpaired) electrons. The van der Waals surface area contributed by atoms with Gasteiger partial charge in [-0.05, 0) is 27.2 Å². The van der Waals surface area contributed by atoms with E-state index in [1.54, 1.807) is 26.1 Å². The Balaban J connectivity index is 5.07. The zero-order chi connectivity index (χ0) is 19.3. The number of amides is 2. The summed E-state index contributed by atoms with van der Waals surface area (Å²) in [4.78, 5) is 46.3. The molecule has 0 aromatic heterocycles. The largest absolute Gasteiger partial charge is 0.479 e. The molecule has 3 N–H and O–H groups in total. The SMILES string of the molecule is CCC(NC(=O)CNC(=O)OC(C)(C)C)(C(=O)O)C(=O)C(C)(F)F. The topological polar surface area (TPSA) is 122 Å². The van der Waals surface area contributed by atoms with Crippen molar-refractivity contribution in [1.82, 2.24) is 10.6 Å². The molecule has 8 nitrogen and oxygen atoms in total. The number of rotatable bonds is 7. The Hall–Kier alpha value is -2.26. The van der Waals surface area contributed by atoms with Gasteiger partial charge in [-0.2, -0.15) is 8.78 Å². The molecule has 0 aromatic rings. The molecule has 0 bridgehead atoms. The number of hydrogen-bond donors (Lipinski definition) is 3. The second-order valence-corrected chi connectivity index (χ2v) is 6.19. The molecule has 1 unspecified atom stereocenters. The minimum absolute atomic E-state index is 0.244. The van der Waals surface area contributed by atoms with Crippen molar-refractivity contribution in [1.29, 1.82) is 0 Å². The lowest BCUT2D eigenvalue weighted by Gasteiger charge is -2.30. The molecule has 0 aliphatic rings. The molecule has 0 fully saturated rings. The zero-order valence-electron chi connectivity index (χ0n) is 14.2. The molecule has 0 aliphatic carbocycles. The van der Waals surface area contributed by atoms with Gasteiger partial charge in [0.2, 0.25) is 17.2 Å². The van der Waals surface area contributed by atoms with E-state index in [-0.39, 0.29) is 6.92 Å². The molecule has 2 amide bonds. The van der Waals surface area contributed by atoms with E-state index in [9.17, 15) is 28.0 Å². The van der Waals surface area contributed by atoms with Crippen molar-refractivity contribution in [2.24, 2.45) is 0 Å². The lowest BCUT2D eigenvalue weighted by molar-refractivity contribution is -0.162. The molecule has 0 heterocycles. The van der Waals surface area contributed by atoms with E-state index in [0.29, 0.717) is 0 Å². The van der Waals surface area contributed by atoms with Crippen LogP contribution in [-0.4, -0.2) is 52.5 Å². The fourth-order valence-electron chi connectivity index (χ4n) is 1.73. The summed E-state index contributed by atoms with van der Waals surface area (Å²) in [5.74, 6) is -8.94. The Morgan fingerprint density at radius 3 is 1.92 bits per heavy atom. The fraction of sp³-hybridized carbons (Fsp3) is 0.714. The molecular formula is C14H22F2N2O6. The van der Waals surface area contributed by atoms with Gasteiger partial charge in [0.25, 0.3) is 0 Å². The van der Waals surface area contributed by atoms with Gasteiger partial charge >= 0.3 is 18.0 Å². The number of Topliss-reactive ketones (excluding diaryl/α,β-unsaturated/α-hetero) is 1. The van der Waals surface area contributed by atoms with Gasteiger partial charge in [0.1, 0.15) is 12.1 Å². The number of ketones is 1. The van der Waals surface area contributed by atoms with Gasteiger partial charge in [0.15, 0.2) is 0 Å². The maximum atomic E-state index is 13.3. The average molecular weight is 352 g/mol. The Morgan fingerprint density at radius 1 is 1.08 bits per heavy atom. The standard InChI is InChI=1S/C14H22F2N2O6/c1-6-14(10(21)22,9(20)13(5,15)16)18-8(19)7-17-11(23)24-12(2,3)4/h6-7H2,1-5H3,(H,17,23)(H,18,19)(H,21,22). The monoisotopic (exact) mass is 352 g/mol. The smallest absolute Gasteiger partial charge is 0.408 e. The number of halogens is 2. The fourth-order valence-corrected chi connectivity index (χ4v) is 1.73. The first-order valence-corrected chi connectivity index (χ1v) is 7.09. The van der Waals surface area contributed by atoms with Crippen molar-refractivity contribution in [2.75, 3.05) is 6.54 Å². The first-order chi connectivity index (χ1) is 10.7. The number of alkyl carbamates (subject to hydrolysis) is 1. The lowest BCUT2D eigenvalue weighted by atomic mass is 9.87. The summed E-state index contributed by atoms with van der Waals surface area (Å²) < 4.78 is 31.4. The van der Waals surface area contributed by atoms with Crippen LogP contribution < -0.4 is 10.6 Å². The predicted molar refractivity (Wildman–Crippen MR) is 78.7 cm³/mol. The van der Waals surface area contributed by atoms with Crippen LogP contribution in [0.2, 0.25) is 0 Å². The van der Waals surface area contributed by atoms with Crippen molar-refractivity contribution in [3.8, 4) is 0 Å². The molecule has 0 saturated heterocycles. The number of carbonyl (C=O) groups is 4. The maximum absolute atomic E-state index is 13.3. The van der Waals surface area contributed by atoms with Crippen LogP contribution in [0.5, 0.6) is 0 Å². The van der Waals surface area contributed by atoms with Crippen LogP contribution in [0.3, 0.4) is 0 Å². The van der Waals surface area contributed by atoms with Crippen LogP contribution in [0.25, 0.3) is 0 Å². The maximum Gasteiger partial charge on any atom is 0.408 e. The second kappa shape index (κ2) is 7.54. The summed E-state index contributed by atoms with van der Waals surface area (Å²) >= 11 is 0. The quantitative estimate of drug-likeness (QED) is 0.590. The van der Waals surface area contributed by atoms with Crippen LogP contribution in [-0.2, 0) is 19.1 Å². The van der Waals surface area contributed by atoms with E-state index in [4.69, 9.17) is 9.84 Å². The van der Waals surface area contributed by atoms with Crippen LogP contribution in [0.1, 0.15) is 41.0 Å². The highest BCUT2D eigenvalue weighted by Crippen LogP contribution is 2.24.